The third kappa shape index (κ3) is 4.44. The first-order chi connectivity index (χ1) is 16.4. The molecule has 0 saturated carbocycles. The van der Waals surface area contributed by atoms with Crippen LogP contribution in [0.25, 0.3) is 11.1 Å². The number of hydrogen-bond donors (Lipinski definition) is 2. The number of carbonyl (C=O) groups is 2. The highest BCUT2D eigenvalue weighted by Crippen LogP contribution is 2.45. The third-order valence-electron chi connectivity index (χ3n) is 5.31. The molecule has 0 spiro atoms. The second kappa shape index (κ2) is 9.68. The topological polar surface area (TPSA) is 87.1 Å². The molecule has 0 heterocycles. The van der Waals surface area contributed by atoms with Gasteiger partial charge in [0, 0.05) is 10.6 Å². The van der Waals surface area contributed by atoms with E-state index in [1.165, 1.54) is 31.4 Å². The van der Waals surface area contributed by atoms with Crippen LogP contribution >= 0.6 is 11.6 Å². The highest BCUT2D eigenvalue weighted by Gasteiger charge is 2.25. The zero-order valence-corrected chi connectivity index (χ0v) is 18.9. The van der Waals surface area contributed by atoms with Crippen molar-refractivity contribution >= 4 is 40.6 Å². The number of hydrogen-bond acceptors (Lipinski definition) is 5. The van der Waals surface area contributed by atoms with Gasteiger partial charge >= 0.3 is 11.9 Å². The predicted octanol–water partition coefficient (Wildman–Crippen LogP) is 6.67. The fourth-order valence-electron chi connectivity index (χ4n) is 3.73. The summed E-state index contributed by atoms with van der Waals surface area (Å²) in [6.45, 7) is 0. The van der Waals surface area contributed by atoms with Gasteiger partial charge in [0.05, 0.1) is 35.3 Å². The van der Waals surface area contributed by atoms with Gasteiger partial charge in [-0.15, -0.1) is 0 Å². The number of aromatic hydroxyl groups is 1. The molecule has 0 bridgehead atoms. The molecule has 0 atom stereocenters. The lowest BCUT2D eigenvalue weighted by atomic mass is 10.0. The van der Waals surface area contributed by atoms with Gasteiger partial charge in [-0.25, -0.2) is 9.59 Å². The number of phenols is 1. The van der Waals surface area contributed by atoms with Gasteiger partial charge < -0.3 is 19.8 Å². The average molecular weight is 474 g/mol. The molecule has 0 aliphatic carbocycles. The van der Waals surface area contributed by atoms with Crippen LogP contribution in [0.3, 0.4) is 0 Å². The van der Waals surface area contributed by atoms with Crippen LogP contribution in [0.15, 0.2) is 91.0 Å². The van der Waals surface area contributed by atoms with Crippen LogP contribution in [0.4, 0.5) is 17.1 Å². The number of esters is 1. The van der Waals surface area contributed by atoms with Crippen molar-refractivity contribution in [2.24, 2.45) is 0 Å². The second-order valence-corrected chi connectivity index (χ2v) is 7.81. The molecule has 0 aromatic heterocycles. The molecule has 0 saturated heterocycles. The van der Waals surface area contributed by atoms with E-state index in [9.17, 15) is 19.8 Å². The maximum Gasteiger partial charge on any atom is 0.337 e. The maximum absolute atomic E-state index is 12.2. The first-order valence-corrected chi connectivity index (χ1v) is 10.7. The van der Waals surface area contributed by atoms with Crippen molar-refractivity contribution < 1.29 is 24.5 Å². The number of phenolic OH excluding ortho intramolecular Hbond substituents is 1. The van der Waals surface area contributed by atoms with Crippen molar-refractivity contribution in [1.82, 2.24) is 0 Å². The summed E-state index contributed by atoms with van der Waals surface area (Å²) in [5.74, 6) is -1.86. The summed E-state index contributed by atoms with van der Waals surface area (Å²) in [5, 5.41) is 21.3. The van der Waals surface area contributed by atoms with Gasteiger partial charge in [-0.1, -0.05) is 54.1 Å². The summed E-state index contributed by atoms with van der Waals surface area (Å²) in [7, 11) is 1.27. The summed E-state index contributed by atoms with van der Waals surface area (Å²) >= 11 is 6.08. The Morgan fingerprint density at radius 2 is 1.47 bits per heavy atom. The van der Waals surface area contributed by atoms with E-state index in [0.29, 0.717) is 16.4 Å². The van der Waals surface area contributed by atoms with Crippen LogP contribution in [0, 0.1) is 0 Å². The molecule has 2 N–H and O–H groups in total. The fourth-order valence-corrected chi connectivity index (χ4v) is 3.85. The maximum atomic E-state index is 12.2. The lowest BCUT2D eigenvalue weighted by molar-refractivity contribution is 0.0599. The zero-order valence-electron chi connectivity index (χ0n) is 18.1. The first kappa shape index (κ1) is 22.9. The van der Waals surface area contributed by atoms with E-state index < -0.39 is 11.9 Å². The number of ether oxygens (including phenoxy) is 1. The van der Waals surface area contributed by atoms with Crippen LogP contribution in [-0.2, 0) is 4.74 Å². The summed E-state index contributed by atoms with van der Waals surface area (Å²) in [6, 6.07) is 25.4. The Labute approximate surface area is 201 Å². The molecular weight excluding hydrogens is 454 g/mol. The molecule has 0 aliphatic rings. The third-order valence-corrected chi connectivity index (χ3v) is 5.56. The van der Waals surface area contributed by atoms with E-state index in [-0.39, 0.29) is 22.6 Å². The minimum absolute atomic E-state index is 0.0243. The molecule has 4 aromatic carbocycles. The summed E-state index contributed by atoms with van der Waals surface area (Å²) in [5.41, 5.74) is 2.96. The van der Waals surface area contributed by atoms with Crippen LogP contribution in [0.1, 0.15) is 20.7 Å². The Hall–Kier alpha value is -4.29. The predicted molar refractivity (Wildman–Crippen MR) is 132 cm³/mol. The Morgan fingerprint density at radius 1 is 0.824 bits per heavy atom. The molecule has 0 amide bonds. The average Bonchev–Trinajstić information content (AvgIpc) is 2.86. The highest BCUT2D eigenvalue weighted by molar-refractivity contribution is 6.30. The standard InChI is InChI=1S/C27H20ClNO5/c1-34-27(33)18-12-15-25(30)24(16-18)29(23-9-5-3-7-21(23)26(31)32)22-8-4-2-6-20(22)17-10-13-19(28)14-11-17/h2-16,30H,1H3,(H,31,32). The largest absolute Gasteiger partial charge is 0.506 e. The SMILES string of the molecule is COC(=O)c1ccc(O)c(N(c2ccccc2C(=O)O)c2ccccc2-c2ccc(Cl)cc2)c1. The molecule has 4 aromatic rings. The zero-order chi connectivity index (χ0) is 24.2. The normalized spacial score (nSPS) is 10.5. The van der Waals surface area contributed by atoms with Gasteiger partial charge in [0.25, 0.3) is 0 Å². The number of anilines is 3. The summed E-state index contributed by atoms with van der Waals surface area (Å²) in [6.07, 6.45) is 0. The number of aromatic carboxylic acids is 1. The van der Waals surface area contributed by atoms with Gasteiger partial charge in [0.15, 0.2) is 0 Å². The van der Waals surface area contributed by atoms with Crippen molar-refractivity contribution in [1.29, 1.82) is 0 Å². The quantitative estimate of drug-likeness (QED) is 0.304. The number of nitrogens with zero attached hydrogens (tertiary/aromatic N) is 1. The number of carbonyl (C=O) groups excluding carboxylic acids is 1. The Kier molecular flexibility index (Phi) is 6.52. The highest BCUT2D eigenvalue weighted by atomic mass is 35.5. The molecule has 170 valence electrons. The number of benzene rings is 4. The Morgan fingerprint density at radius 3 is 2.15 bits per heavy atom. The van der Waals surface area contributed by atoms with Gasteiger partial charge in [0.1, 0.15) is 5.75 Å². The van der Waals surface area contributed by atoms with E-state index in [0.717, 1.165) is 11.1 Å². The molecule has 0 unspecified atom stereocenters. The van der Waals surface area contributed by atoms with Crippen molar-refractivity contribution in [2.45, 2.75) is 0 Å². The number of halogens is 1. The second-order valence-electron chi connectivity index (χ2n) is 7.38. The van der Waals surface area contributed by atoms with E-state index in [1.807, 2.05) is 36.4 Å². The minimum atomic E-state index is -1.13. The smallest absolute Gasteiger partial charge is 0.337 e. The number of rotatable bonds is 6. The van der Waals surface area contributed by atoms with Crippen LogP contribution in [0.2, 0.25) is 5.02 Å². The Bertz CT molecular complexity index is 1370. The van der Waals surface area contributed by atoms with E-state index in [1.54, 1.807) is 35.2 Å². The number of methoxy groups -OCH3 is 1. The summed E-state index contributed by atoms with van der Waals surface area (Å²) < 4.78 is 4.84. The number of carboxylic acid groups (broad SMARTS) is 1. The van der Waals surface area contributed by atoms with Crippen molar-refractivity contribution in [2.75, 3.05) is 12.0 Å². The van der Waals surface area contributed by atoms with Gasteiger partial charge in [-0.2, -0.15) is 0 Å². The molecule has 34 heavy (non-hydrogen) atoms. The van der Waals surface area contributed by atoms with Crippen LogP contribution in [-0.4, -0.2) is 29.3 Å². The molecular formula is C27H20ClNO5. The van der Waals surface area contributed by atoms with Gasteiger partial charge in [-0.3, -0.25) is 0 Å². The van der Waals surface area contributed by atoms with Crippen molar-refractivity contribution in [3.8, 4) is 16.9 Å². The lowest BCUT2D eigenvalue weighted by Gasteiger charge is -2.29. The van der Waals surface area contributed by atoms with E-state index >= 15 is 0 Å². The molecule has 0 aliphatic heterocycles. The van der Waals surface area contributed by atoms with Crippen molar-refractivity contribution in [3.05, 3.63) is 107 Å². The van der Waals surface area contributed by atoms with Crippen molar-refractivity contribution in [3.63, 3.8) is 0 Å². The van der Waals surface area contributed by atoms with E-state index in [2.05, 4.69) is 0 Å². The first-order valence-electron chi connectivity index (χ1n) is 10.3. The Balaban J connectivity index is 2.04. The number of carboxylic acids is 1. The van der Waals surface area contributed by atoms with E-state index in [4.69, 9.17) is 16.3 Å². The molecule has 6 nitrogen and oxygen atoms in total. The fraction of sp³-hybridized carbons (Fsp3) is 0.0370. The molecule has 4 rings (SSSR count). The summed E-state index contributed by atoms with van der Waals surface area (Å²) in [4.78, 5) is 26.0. The molecule has 7 heteroatoms. The molecule has 0 radical (unpaired) electrons. The lowest BCUT2D eigenvalue weighted by Crippen LogP contribution is -2.16. The monoisotopic (exact) mass is 473 g/mol. The minimum Gasteiger partial charge on any atom is -0.506 e. The van der Waals surface area contributed by atoms with Gasteiger partial charge in [0.2, 0.25) is 0 Å². The molecule has 0 fully saturated rings. The van der Waals surface area contributed by atoms with Gasteiger partial charge in [-0.05, 0) is 54.1 Å². The number of para-hydroxylation sites is 2. The van der Waals surface area contributed by atoms with Crippen LogP contribution < -0.4 is 4.90 Å². The van der Waals surface area contributed by atoms with Crippen LogP contribution in [0.5, 0.6) is 5.75 Å².